The van der Waals surface area contributed by atoms with E-state index in [1.54, 1.807) is 25.3 Å². The fourth-order valence-corrected chi connectivity index (χ4v) is 2.27. The first-order chi connectivity index (χ1) is 12.6. The average molecular weight is 360 g/mol. The van der Waals surface area contributed by atoms with Crippen molar-refractivity contribution in [3.05, 3.63) is 59.3 Å². The van der Waals surface area contributed by atoms with Crippen molar-refractivity contribution >= 4 is 11.9 Å². The Labute approximate surface area is 152 Å². The second kappa shape index (κ2) is 10.2. The number of guanidine groups is 1. The monoisotopic (exact) mass is 360 g/mol. The van der Waals surface area contributed by atoms with Gasteiger partial charge in [-0.05, 0) is 43.7 Å². The molecule has 26 heavy (non-hydrogen) atoms. The van der Waals surface area contributed by atoms with Crippen molar-refractivity contribution in [1.82, 2.24) is 16.0 Å². The van der Waals surface area contributed by atoms with Gasteiger partial charge < -0.3 is 20.4 Å². The predicted octanol–water partition coefficient (Wildman–Crippen LogP) is 2.25. The number of rotatable bonds is 8. The van der Waals surface area contributed by atoms with E-state index in [1.807, 2.05) is 19.1 Å². The summed E-state index contributed by atoms with van der Waals surface area (Å²) in [6.07, 6.45) is 2.37. The molecule has 6 nitrogen and oxygen atoms in total. The first-order valence-electron chi connectivity index (χ1n) is 8.69. The van der Waals surface area contributed by atoms with Crippen LogP contribution in [-0.2, 0) is 6.42 Å². The Bertz CT molecular complexity index is 729. The van der Waals surface area contributed by atoms with Crippen molar-refractivity contribution in [2.45, 2.75) is 20.3 Å². The van der Waals surface area contributed by atoms with E-state index >= 15 is 0 Å². The minimum absolute atomic E-state index is 0.301. The van der Waals surface area contributed by atoms with E-state index in [0.29, 0.717) is 36.7 Å². The molecule has 1 aromatic heterocycles. The summed E-state index contributed by atoms with van der Waals surface area (Å²) >= 11 is 0. The maximum Gasteiger partial charge on any atom is 0.251 e. The summed E-state index contributed by atoms with van der Waals surface area (Å²) in [7, 11) is 0. The molecule has 3 N–H and O–H groups in total. The summed E-state index contributed by atoms with van der Waals surface area (Å²) in [5.41, 5.74) is 0.830. The molecule has 2 rings (SSSR count). The van der Waals surface area contributed by atoms with Crippen molar-refractivity contribution in [2.75, 3.05) is 26.2 Å². The number of benzene rings is 1. The van der Waals surface area contributed by atoms with Gasteiger partial charge in [-0.1, -0.05) is 6.07 Å². The van der Waals surface area contributed by atoms with Gasteiger partial charge in [-0.15, -0.1) is 0 Å². The quantitative estimate of drug-likeness (QED) is 0.383. The SMILES string of the molecule is CCNC(=NCCc1ccco1)NCCNC(=O)c1ccc(C)c(F)c1. The lowest BCUT2D eigenvalue weighted by Crippen LogP contribution is -2.41. The summed E-state index contributed by atoms with van der Waals surface area (Å²) in [5.74, 6) is 0.885. The highest BCUT2D eigenvalue weighted by Crippen LogP contribution is 2.08. The number of aliphatic imine (C=N–C) groups is 1. The number of aryl methyl sites for hydroxylation is 1. The molecule has 0 radical (unpaired) electrons. The number of carbonyl (C=O) groups excluding carboxylic acids is 1. The van der Waals surface area contributed by atoms with Gasteiger partial charge in [-0.3, -0.25) is 9.79 Å². The molecule has 140 valence electrons. The van der Waals surface area contributed by atoms with E-state index in [9.17, 15) is 9.18 Å². The highest BCUT2D eigenvalue weighted by Gasteiger charge is 2.07. The van der Waals surface area contributed by atoms with Crippen molar-refractivity contribution in [2.24, 2.45) is 4.99 Å². The number of nitrogens with one attached hydrogen (secondary N) is 3. The molecular weight excluding hydrogens is 335 g/mol. The molecule has 0 unspecified atom stereocenters. The fraction of sp³-hybridized carbons (Fsp3) is 0.368. The molecule has 0 saturated heterocycles. The van der Waals surface area contributed by atoms with Crippen LogP contribution in [0.2, 0.25) is 0 Å². The lowest BCUT2D eigenvalue weighted by atomic mass is 10.1. The van der Waals surface area contributed by atoms with Gasteiger partial charge in [0.15, 0.2) is 5.96 Å². The van der Waals surface area contributed by atoms with Crippen LogP contribution in [0.1, 0.15) is 28.6 Å². The number of halogens is 1. The second-order valence-corrected chi connectivity index (χ2v) is 5.74. The third kappa shape index (κ3) is 6.23. The Kier molecular flexibility index (Phi) is 7.67. The Hall–Kier alpha value is -2.83. The Morgan fingerprint density at radius 3 is 2.69 bits per heavy atom. The zero-order chi connectivity index (χ0) is 18.8. The van der Waals surface area contributed by atoms with Crippen LogP contribution in [0.3, 0.4) is 0 Å². The van der Waals surface area contributed by atoms with Gasteiger partial charge in [0, 0.05) is 38.2 Å². The molecule has 1 heterocycles. The van der Waals surface area contributed by atoms with Crippen LogP contribution in [0.15, 0.2) is 46.0 Å². The van der Waals surface area contributed by atoms with E-state index in [-0.39, 0.29) is 11.7 Å². The third-order valence-electron chi connectivity index (χ3n) is 3.69. The van der Waals surface area contributed by atoms with E-state index in [2.05, 4.69) is 20.9 Å². The van der Waals surface area contributed by atoms with E-state index in [0.717, 1.165) is 18.7 Å². The minimum Gasteiger partial charge on any atom is -0.469 e. The average Bonchev–Trinajstić information content (AvgIpc) is 3.14. The molecule has 0 saturated carbocycles. The predicted molar refractivity (Wildman–Crippen MR) is 99.9 cm³/mol. The molecule has 0 bridgehead atoms. The minimum atomic E-state index is -0.381. The third-order valence-corrected chi connectivity index (χ3v) is 3.69. The normalized spacial score (nSPS) is 11.3. The van der Waals surface area contributed by atoms with Crippen LogP contribution in [0.25, 0.3) is 0 Å². The van der Waals surface area contributed by atoms with Crippen LogP contribution < -0.4 is 16.0 Å². The number of hydrogen-bond donors (Lipinski definition) is 3. The number of hydrogen-bond acceptors (Lipinski definition) is 3. The van der Waals surface area contributed by atoms with Gasteiger partial charge in [-0.25, -0.2) is 4.39 Å². The van der Waals surface area contributed by atoms with Crippen molar-refractivity contribution in [1.29, 1.82) is 0 Å². The van der Waals surface area contributed by atoms with Gasteiger partial charge in [0.2, 0.25) is 0 Å². The molecule has 0 aliphatic rings. The maximum atomic E-state index is 13.5. The number of nitrogens with zero attached hydrogens (tertiary/aromatic N) is 1. The number of carbonyl (C=O) groups is 1. The molecular formula is C19H25FN4O2. The van der Waals surface area contributed by atoms with Gasteiger partial charge in [0.25, 0.3) is 5.91 Å². The van der Waals surface area contributed by atoms with Crippen molar-refractivity contribution < 1.29 is 13.6 Å². The summed E-state index contributed by atoms with van der Waals surface area (Å²) < 4.78 is 18.8. The molecule has 2 aromatic rings. The molecule has 0 fully saturated rings. The zero-order valence-electron chi connectivity index (χ0n) is 15.1. The summed E-state index contributed by atoms with van der Waals surface area (Å²) in [4.78, 5) is 16.5. The smallest absolute Gasteiger partial charge is 0.251 e. The number of amides is 1. The second-order valence-electron chi connectivity index (χ2n) is 5.74. The van der Waals surface area contributed by atoms with Gasteiger partial charge >= 0.3 is 0 Å². The van der Waals surface area contributed by atoms with E-state index < -0.39 is 0 Å². The first-order valence-corrected chi connectivity index (χ1v) is 8.69. The summed E-state index contributed by atoms with van der Waals surface area (Å²) in [6.45, 7) is 5.88. The molecule has 1 aromatic carbocycles. The molecule has 0 atom stereocenters. The molecule has 0 aliphatic carbocycles. The van der Waals surface area contributed by atoms with Gasteiger partial charge in [0.05, 0.1) is 6.26 Å². The van der Waals surface area contributed by atoms with E-state index in [4.69, 9.17) is 4.42 Å². The van der Waals surface area contributed by atoms with E-state index in [1.165, 1.54) is 6.07 Å². The lowest BCUT2D eigenvalue weighted by molar-refractivity contribution is 0.0954. The summed E-state index contributed by atoms with van der Waals surface area (Å²) in [5, 5.41) is 9.05. The molecule has 0 spiro atoms. The standard InChI is InChI=1S/C19H25FN4O2/c1-3-21-19(23-9-8-16-5-4-12-26-16)24-11-10-22-18(25)15-7-6-14(2)17(20)13-15/h4-7,12-13H,3,8-11H2,1-2H3,(H,22,25)(H2,21,23,24). The molecule has 7 heteroatoms. The van der Waals surface area contributed by atoms with Gasteiger partial charge in [-0.2, -0.15) is 0 Å². The Morgan fingerprint density at radius 1 is 1.19 bits per heavy atom. The van der Waals surface area contributed by atoms with Gasteiger partial charge in [0.1, 0.15) is 11.6 Å². The maximum absolute atomic E-state index is 13.5. The summed E-state index contributed by atoms with van der Waals surface area (Å²) in [6, 6.07) is 8.22. The van der Waals surface area contributed by atoms with Crippen molar-refractivity contribution in [3.8, 4) is 0 Å². The molecule has 0 aliphatic heterocycles. The van der Waals surface area contributed by atoms with Crippen LogP contribution in [-0.4, -0.2) is 38.0 Å². The Balaban J connectivity index is 1.74. The highest BCUT2D eigenvalue weighted by atomic mass is 19.1. The zero-order valence-corrected chi connectivity index (χ0v) is 15.1. The first kappa shape index (κ1) is 19.5. The van der Waals surface area contributed by atoms with Crippen LogP contribution >= 0.6 is 0 Å². The van der Waals surface area contributed by atoms with Crippen LogP contribution in [0, 0.1) is 12.7 Å². The fourth-order valence-electron chi connectivity index (χ4n) is 2.27. The van der Waals surface area contributed by atoms with Crippen LogP contribution in [0.4, 0.5) is 4.39 Å². The highest BCUT2D eigenvalue weighted by molar-refractivity contribution is 5.94. The topological polar surface area (TPSA) is 78.7 Å². The Morgan fingerprint density at radius 2 is 2.00 bits per heavy atom. The molecule has 1 amide bonds. The largest absolute Gasteiger partial charge is 0.469 e. The van der Waals surface area contributed by atoms with Crippen molar-refractivity contribution in [3.63, 3.8) is 0 Å². The number of furan rings is 1. The lowest BCUT2D eigenvalue weighted by Gasteiger charge is -2.12. The van der Waals surface area contributed by atoms with Crippen LogP contribution in [0.5, 0.6) is 0 Å².